The predicted octanol–water partition coefficient (Wildman–Crippen LogP) is -0.0190. The first kappa shape index (κ1) is 11.6. The lowest BCUT2D eigenvalue weighted by Crippen LogP contribution is -2.35. The van der Waals surface area contributed by atoms with E-state index in [2.05, 4.69) is 9.78 Å². The number of benzene rings is 1. The molecule has 1 aromatic carbocycles. The van der Waals surface area contributed by atoms with Gasteiger partial charge in [0, 0.05) is 0 Å². The molecular weight excluding hydrogens is 198 g/mol. The van der Waals surface area contributed by atoms with Gasteiger partial charge in [0.25, 0.3) is 0 Å². The standard InChI is InChI=1S/C10H13NO4/c11-9(6-12)10(13)15-14-7-8-4-2-1-3-5-8/h1-5,9,12H,6-7,11H2. The number of nitrogens with two attached hydrogens (primary N) is 1. The summed E-state index contributed by atoms with van der Waals surface area (Å²) in [4.78, 5) is 20.0. The zero-order valence-corrected chi connectivity index (χ0v) is 8.13. The summed E-state index contributed by atoms with van der Waals surface area (Å²) in [7, 11) is 0. The van der Waals surface area contributed by atoms with Crippen LogP contribution >= 0.6 is 0 Å². The smallest absolute Gasteiger partial charge is 0.361 e. The number of carbonyl (C=O) groups is 1. The van der Waals surface area contributed by atoms with E-state index in [1.165, 1.54) is 0 Å². The first-order valence-corrected chi connectivity index (χ1v) is 4.47. The summed E-state index contributed by atoms with van der Waals surface area (Å²) in [5, 5.41) is 8.54. The molecule has 0 bridgehead atoms. The number of hydrogen-bond acceptors (Lipinski definition) is 5. The summed E-state index contributed by atoms with van der Waals surface area (Å²) >= 11 is 0. The Hall–Kier alpha value is -1.43. The zero-order chi connectivity index (χ0) is 11.1. The highest BCUT2D eigenvalue weighted by Crippen LogP contribution is 2.01. The lowest BCUT2D eigenvalue weighted by molar-refractivity contribution is -0.281. The van der Waals surface area contributed by atoms with Crippen LogP contribution in [0.3, 0.4) is 0 Å². The molecule has 0 aromatic heterocycles. The minimum atomic E-state index is -1.05. The summed E-state index contributed by atoms with van der Waals surface area (Å²) < 4.78 is 0. The summed E-state index contributed by atoms with van der Waals surface area (Å²) in [6, 6.07) is 8.18. The minimum Gasteiger partial charge on any atom is -0.394 e. The van der Waals surface area contributed by atoms with Gasteiger partial charge in [-0.2, -0.15) is 4.89 Å². The van der Waals surface area contributed by atoms with Crippen LogP contribution in [0.4, 0.5) is 0 Å². The summed E-state index contributed by atoms with van der Waals surface area (Å²) in [5.74, 6) is -0.784. The van der Waals surface area contributed by atoms with E-state index in [0.717, 1.165) is 5.56 Å². The molecule has 0 radical (unpaired) electrons. The topological polar surface area (TPSA) is 81.8 Å². The maximum atomic E-state index is 10.9. The Balaban J connectivity index is 2.25. The van der Waals surface area contributed by atoms with Crippen molar-refractivity contribution in [2.75, 3.05) is 6.61 Å². The second-order valence-corrected chi connectivity index (χ2v) is 2.94. The highest BCUT2D eigenvalue weighted by molar-refractivity contribution is 5.74. The third-order valence-corrected chi connectivity index (χ3v) is 1.71. The second-order valence-electron chi connectivity index (χ2n) is 2.94. The molecule has 0 aliphatic rings. The lowest BCUT2D eigenvalue weighted by atomic mass is 10.2. The number of rotatable bonds is 5. The Morgan fingerprint density at radius 2 is 2.07 bits per heavy atom. The maximum Gasteiger partial charge on any atom is 0.361 e. The maximum absolute atomic E-state index is 10.9. The summed E-state index contributed by atoms with van der Waals surface area (Å²) in [6.07, 6.45) is 0. The molecule has 0 aliphatic carbocycles. The third kappa shape index (κ3) is 4.07. The second kappa shape index (κ2) is 6.13. The van der Waals surface area contributed by atoms with E-state index in [1.807, 2.05) is 30.3 Å². The Morgan fingerprint density at radius 3 is 2.67 bits per heavy atom. The van der Waals surface area contributed by atoms with E-state index in [9.17, 15) is 4.79 Å². The van der Waals surface area contributed by atoms with E-state index in [1.54, 1.807) is 0 Å². The lowest BCUT2D eigenvalue weighted by Gasteiger charge is -2.07. The van der Waals surface area contributed by atoms with Crippen molar-refractivity contribution in [3.63, 3.8) is 0 Å². The van der Waals surface area contributed by atoms with Crippen LogP contribution in [0.1, 0.15) is 5.56 Å². The molecule has 5 heteroatoms. The molecule has 0 saturated heterocycles. The normalized spacial score (nSPS) is 12.1. The van der Waals surface area contributed by atoms with Crippen LogP contribution < -0.4 is 5.73 Å². The number of carbonyl (C=O) groups excluding carboxylic acids is 1. The average Bonchev–Trinajstić information content (AvgIpc) is 2.29. The molecule has 3 N–H and O–H groups in total. The van der Waals surface area contributed by atoms with E-state index in [-0.39, 0.29) is 6.61 Å². The van der Waals surface area contributed by atoms with Gasteiger partial charge in [-0.3, -0.25) is 4.89 Å². The van der Waals surface area contributed by atoms with Crippen molar-refractivity contribution in [1.29, 1.82) is 0 Å². The van der Waals surface area contributed by atoms with Gasteiger partial charge in [-0.05, 0) is 5.56 Å². The fraction of sp³-hybridized carbons (Fsp3) is 0.300. The van der Waals surface area contributed by atoms with E-state index in [0.29, 0.717) is 0 Å². The van der Waals surface area contributed by atoms with Crippen molar-refractivity contribution >= 4 is 5.97 Å². The predicted molar refractivity (Wildman–Crippen MR) is 52.4 cm³/mol. The molecule has 1 rings (SSSR count). The van der Waals surface area contributed by atoms with Gasteiger partial charge < -0.3 is 10.8 Å². The number of hydrogen-bond donors (Lipinski definition) is 2. The van der Waals surface area contributed by atoms with Crippen molar-refractivity contribution < 1.29 is 19.7 Å². The minimum absolute atomic E-state index is 0.157. The first-order valence-electron chi connectivity index (χ1n) is 4.47. The van der Waals surface area contributed by atoms with Gasteiger partial charge in [-0.25, -0.2) is 4.79 Å². The van der Waals surface area contributed by atoms with Gasteiger partial charge in [0.05, 0.1) is 6.61 Å². The highest BCUT2D eigenvalue weighted by Gasteiger charge is 2.14. The fourth-order valence-electron chi connectivity index (χ4n) is 0.866. The Bertz CT molecular complexity index is 302. The third-order valence-electron chi connectivity index (χ3n) is 1.71. The average molecular weight is 211 g/mol. The zero-order valence-electron chi connectivity index (χ0n) is 8.13. The molecule has 0 spiro atoms. The van der Waals surface area contributed by atoms with E-state index in [4.69, 9.17) is 10.8 Å². The van der Waals surface area contributed by atoms with Gasteiger partial charge in [0.2, 0.25) is 0 Å². The van der Waals surface area contributed by atoms with Crippen LogP contribution in [0, 0.1) is 0 Å². The van der Waals surface area contributed by atoms with Gasteiger partial charge in [-0.1, -0.05) is 30.3 Å². The van der Waals surface area contributed by atoms with Crippen LogP contribution in [0.2, 0.25) is 0 Å². The molecule has 0 amide bonds. The molecular formula is C10H13NO4. The SMILES string of the molecule is NC(CO)C(=O)OOCc1ccccc1. The Labute approximate surface area is 87.3 Å². The summed E-state index contributed by atoms with van der Waals surface area (Å²) in [6.45, 7) is -0.307. The van der Waals surface area contributed by atoms with Crippen molar-refractivity contribution in [3.05, 3.63) is 35.9 Å². The van der Waals surface area contributed by atoms with Crippen molar-refractivity contribution in [3.8, 4) is 0 Å². The number of aliphatic hydroxyl groups excluding tert-OH is 1. The van der Waals surface area contributed by atoms with E-state index < -0.39 is 18.6 Å². The molecule has 1 aromatic rings. The van der Waals surface area contributed by atoms with Crippen LogP contribution in [0.15, 0.2) is 30.3 Å². The molecule has 1 atom stereocenters. The van der Waals surface area contributed by atoms with Gasteiger partial charge >= 0.3 is 5.97 Å². The van der Waals surface area contributed by atoms with Gasteiger partial charge in [0.15, 0.2) is 0 Å². The molecule has 5 nitrogen and oxygen atoms in total. The Kier molecular flexibility index (Phi) is 4.76. The molecule has 0 heterocycles. The van der Waals surface area contributed by atoms with Gasteiger partial charge in [0.1, 0.15) is 12.6 Å². The fourth-order valence-corrected chi connectivity index (χ4v) is 0.866. The van der Waals surface area contributed by atoms with Gasteiger partial charge in [-0.15, -0.1) is 0 Å². The van der Waals surface area contributed by atoms with Crippen molar-refractivity contribution in [2.24, 2.45) is 5.73 Å². The molecule has 82 valence electrons. The van der Waals surface area contributed by atoms with Crippen LogP contribution in [-0.2, 0) is 21.2 Å². The Morgan fingerprint density at radius 1 is 1.40 bits per heavy atom. The van der Waals surface area contributed by atoms with Crippen molar-refractivity contribution in [1.82, 2.24) is 0 Å². The molecule has 15 heavy (non-hydrogen) atoms. The van der Waals surface area contributed by atoms with Crippen LogP contribution in [-0.4, -0.2) is 23.7 Å². The summed E-state index contributed by atoms with van der Waals surface area (Å²) in [5.41, 5.74) is 6.07. The van der Waals surface area contributed by atoms with Crippen LogP contribution in [0.5, 0.6) is 0 Å². The molecule has 0 fully saturated rings. The monoisotopic (exact) mass is 211 g/mol. The number of aliphatic hydroxyl groups is 1. The van der Waals surface area contributed by atoms with Crippen molar-refractivity contribution in [2.45, 2.75) is 12.6 Å². The molecule has 0 saturated carbocycles. The quantitative estimate of drug-likeness (QED) is 0.528. The molecule has 1 unspecified atom stereocenters. The molecule has 0 aliphatic heterocycles. The van der Waals surface area contributed by atoms with Crippen LogP contribution in [0.25, 0.3) is 0 Å². The van der Waals surface area contributed by atoms with E-state index >= 15 is 0 Å². The largest absolute Gasteiger partial charge is 0.394 e. The first-order chi connectivity index (χ1) is 7.24. The highest BCUT2D eigenvalue weighted by atomic mass is 17.2.